The Balaban J connectivity index is 2.21. The van der Waals surface area contributed by atoms with Crippen molar-refractivity contribution in [2.24, 2.45) is 0 Å². The van der Waals surface area contributed by atoms with Crippen molar-refractivity contribution < 1.29 is 4.79 Å². The smallest absolute Gasteiger partial charge is 0.258 e. The van der Waals surface area contributed by atoms with E-state index in [0.717, 1.165) is 0 Å². The Bertz CT molecular complexity index is 665. The normalized spacial score (nSPS) is 9.74. The summed E-state index contributed by atoms with van der Waals surface area (Å²) in [6.45, 7) is 0. The van der Waals surface area contributed by atoms with Crippen LogP contribution in [0.3, 0.4) is 0 Å². The predicted molar refractivity (Wildman–Crippen MR) is 76.1 cm³/mol. The molecule has 0 aliphatic heterocycles. The van der Waals surface area contributed by atoms with Crippen LogP contribution in [0.5, 0.6) is 0 Å². The van der Waals surface area contributed by atoms with Gasteiger partial charge >= 0.3 is 0 Å². The van der Waals surface area contributed by atoms with Crippen molar-refractivity contribution in [2.45, 2.75) is 0 Å². The fourth-order valence-electron chi connectivity index (χ4n) is 1.41. The Labute approximate surface area is 123 Å². The highest BCUT2D eigenvalue weighted by molar-refractivity contribution is 9.10. The summed E-state index contributed by atoms with van der Waals surface area (Å²) in [5.74, 6) is -0.358. The maximum Gasteiger partial charge on any atom is 0.258 e. The van der Waals surface area contributed by atoms with Gasteiger partial charge in [0, 0.05) is 16.4 Å². The summed E-state index contributed by atoms with van der Waals surface area (Å²) >= 11 is 9.10. The molecule has 0 aliphatic carbocycles. The molecule has 6 heteroatoms. The Morgan fingerprint density at radius 1 is 1.37 bits per heavy atom. The lowest BCUT2D eigenvalue weighted by Gasteiger charge is -2.06. The summed E-state index contributed by atoms with van der Waals surface area (Å²) in [5, 5.41) is 11.5. The van der Waals surface area contributed by atoms with Crippen LogP contribution in [-0.4, -0.2) is 10.9 Å². The molecule has 1 heterocycles. The van der Waals surface area contributed by atoms with Gasteiger partial charge in [-0.05, 0) is 46.3 Å². The van der Waals surface area contributed by atoms with Gasteiger partial charge in [-0.3, -0.25) is 4.79 Å². The van der Waals surface area contributed by atoms with Crippen LogP contribution in [0.1, 0.15) is 15.9 Å². The molecule has 4 nitrogen and oxygen atoms in total. The number of hydrogen-bond donors (Lipinski definition) is 1. The van der Waals surface area contributed by atoms with Crippen molar-refractivity contribution in [1.29, 1.82) is 5.26 Å². The number of benzene rings is 1. The number of aromatic nitrogens is 1. The lowest BCUT2D eigenvalue weighted by atomic mass is 10.2. The molecule has 0 atom stereocenters. The largest absolute Gasteiger partial charge is 0.322 e. The van der Waals surface area contributed by atoms with E-state index in [9.17, 15) is 4.79 Å². The molecule has 0 radical (unpaired) electrons. The fourth-order valence-corrected chi connectivity index (χ4v) is 1.93. The van der Waals surface area contributed by atoms with Crippen molar-refractivity contribution in [3.63, 3.8) is 0 Å². The number of carbonyl (C=O) groups excluding carboxylic acids is 1. The molecule has 1 aromatic heterocycles. The zero-order chi connectivity index (χ0) is 13.8. The molecular formula is C13H7BrClN3O. The average molecular weight is 337 g/mol. The molecule has 94 valence electrons. The second kappa shape index (κ2) is 5.83. The molecule has 19 heavy (non-hydrogen) atoms. The van der Waals surface area contributed by atoms with Crippen LogP contribution in [0, 0.1) is 11.3 Å². The van der Waals surface area contributed by atoms with Gasteiger partial charge in [-0.2, -0.15) is 5.26 Å². The van der Waals surface area contributed by atoms with E-state index >= 15 is 0 Å². The van der Waals surface area contributed by atoms with E-state index < -0.39 is 0 Å². The van der Waals surface area contributed by atoms with Gasteiger partial charge in [0.05, 0.1) is 17.2 Å². The highest BCUT2D eigenvalue weighted by Gasteiger charge is 2.12. The minimum Gasteiger partial charge on any atom is -0.322 e. The number of rotatable bonds is 2. The fraction of sp³-hybridized carbons (Fsp3) is 0. The Kier molecular flexibility index (Phi) is 4.15. The molecule has 1 N–H and O–H groups in total. The standard InChI is InChI=1S/C13H7BrClN3O/c14-9-5-11(12(15)17-7-9)13(19)18-10-3-1-8(6-16)2-4-10/h1-5,7H,(H,18,19). The third-order valence-corrected chi connectivity index (χ3v) is 3.06. The van der Waals surface area contributed by atoms with Crippen molar-refractivity contribution >= 4 is 39.1 Å². The lowest BCUT2D eigenvalue weighted by Crippen LogP contribution is -2.13. The number of pyridine rings is 1. The molecule has 1 aromatic carbocycles. The van der Waals surface area contributed by atoms with E-state index in [1.54, 1.807) is 30.3 Å². The number of amides is 1. The third kappa shape index (κ3) is 3.31. The highest BCUT2D eigenvalue weighted by Crippen LogP contribution is 2.19. The number of anilines is 1. The Morgan fingerprint density at radius 3 is 2.68 bits per heavy atom. The van der Waals surface area contributed by atoms with Crippen LogP contribution in [0.2, 0.25) is 5.15 Å². The number of nitriles is 1. The van der Waals surface area contributed by atoms with Crippen LogP contribution in [0.15, 0.2) is 41.0 Å². The minimum atomic E-state index is -0.358. The summed E-state index contributed by atoms with van der Waals surface area (Å²) in [4.78, 5) is 15.9. The monoisotopic (exact) mass is 335 g/mol. The molecule has 0 bridgehead atoms. The first-order valence-corrected chi connectivity index (χ1v) is 6.40. The minimum absolute atomic E-state index is 0.134. The van der Waals surface area contributed by atoms with Crippen molar-refractivity contribution in [1.82, 2.24) is 4.98 Å². The second-order valence-corrected chi connectivity index (χ2v) is 4.91. The molecule has 0 saturated carbocycles. The number of hydrogen-bond acceptors (Lipinski definition) is 3. The number of nitrogens with one attached hydrogen (secondary N) is 1. The second-order valence-electron chi connectivity index (χ2n) is 3.64. The molecule has 0 aliphatic rings. The van der Waals surface area contributed by atoms with Crippen molar-refractivity contribution in [3.8, 4) is 6.07 Å². The Hall–Kier alpha value is -1.90. The molecule has 2 aromatic rings. The maximum atomic E-state index is 12.0. The first kappa shape index (κ1) is 13.5. The van der Waals surface area contributed by atoms with Crippen LogP contribution in [0.4, 0.5) is 5.69 Å². The van der Waals surface area contributed by atoms with Gasteiger partial charge in [0.2, 0.25) is 0 Å². The average Bonchev–Trinajstić information content (AvgIpc) is 2.42. The zero-order valence-corrected chi connectivity index (χ0v) is 11.9. The maximum absolute atomic E-state index is 12.0. The van der Waals surface area contributed by atoms with Gasteiger partial charge in [0.15, 0.2) is 0 Å². The predicted octanol–water partition coefficient (Wildman–Crippen LogP) is 3.62. The summed E-state index contributed by atoms with van der Waals surface area (Å²) in [7, 11) is 0. The number of nitrogens with zero attached hydrogens (tertiary/aromatic N) is 2. The lowest BCUT2D eigenvalue weighted by molar-refractivity contribution is 0.102. The topological polar surface area (TPSA) is 65.8 Å². The quantitative estimate of drug-likeness (QED) is 0.852. The van der Waals surface area contributed by atoms with E-state index in [1.807, 2.05) is 6.07 Å². The van der Waals surface area contributed by atoms with Gasteiger partial charge in [-0.1, -0.05) is 11.6 Å². The third-order valence-electron chi connectivity index (χ3n) is 2.32. The van der Waals surface area contributed by atoms with E-state index in [-0.39, 0.29) is 16.6 Å². The van der Waals surface area contributed by atoms with E-state index in [1.165, 1.54) is 6.20 Å². The van der Waals surface area contributed by atoms with Gasteiger partial charge in [0.25, 0.3) is 5.91 Å². The number of halogens is 2. The van der Waals surface area contributed by atoms with Gasteiger partial charge in [-0.15, -0.1) is 0 Å². The SMILES string of the molecule is N#Cc1ccc(NC(=O)c2cc(Br)cnc2Cl)cc1. The molecule has 2 rings (SSSR count). The van der Waals surface area contributed by atoms with Gasteiger partial charge < -0.3 is 5.32 Å². The summed E-state index contributed by atoms with van der Waals surface area (Å²) in [6, 6.07) is 10.1. The zero-order valence-electron chi connectivity index (χ0n) is 9.52. The van der Waals surface area contributed by atoms with Crippen LogP contribution < -0.4 is 5.32 Å². The van der Waals surface area contributed by atoms with Crippen LogP contribution in [0.25, 0.3) is 0 Å². The first-order chi connectivity index (χ1) is 9.10. The van der Waals surface area contributed by atoms with Gasteiger partial charge in [0.1, 0.15) is 5.15 Å². The first-order valence-electron chi connectivity index (χ1n) is 5.22. The summed E-state index contributed by atoms with van der Waals surface area (Å²) in [6.07, 6.45) is 1.51. The van der Waals surface area contributed by atoms with Gasteiger partial charge in [-0.25, -0.2) is 4.98 Å². The molecule has 0 spiro atoms. The molecule has 1 amide bonds. The van der Waals surface area contributed by atoms with E-state index in [0.29, 0.717) is 15.7 Å². The van der Waals surface area contributed by atoms with Crippen LogP contribution >= 0.6 is 27.5 Å². The van der Waals surface area contributed by atoms with Crippen LogP contribution in [-0.2, 0) is 0 Å². The van der Waals surface area contributed by atoms with Crippen molar-refractivity contribution in [3.05, 3.63) is 57.3 Å². The van der Waals surface area contributed by atoms with Crippen molar-refractivity contribution in [2.75, 3.05) is 5.32 Å². The molecule has 0 saturated heterocycles. The summed E-state index contributed by atoms with van der Waals surface area (Å²) < 4.78 is 0.668. The summed E-state index contributed by atoms with van der Waals surface area (Å²) in [5.41, 5.74) is 1.39. The van der Waals surface area contributed by atoms with E-state index in [2.05, 4.69) is 26.2 Å². The highest BCUT2D eigenvalue weighted by atomic mass is 79.9. The molecular weight excluding hydrogens is 330 g/mol. The Morgan fingerprint density at radius 2 is 2.05 bits per heavy atom. The molecule has 0 fully saturated rings. The van der Waals surface area contributed by atoms with E-state index in [4.69, 9.17) is 16.9 Å². The molecule has 0 unspecified atom stereocenters. The number of carbonyl (C=O) groups is 1.